The van der Waals surface area contributed by atoms with Crippen molar-refractivity contribution in [3.05, 3.63) is 74.8 Å². The molecule has 176 valence electrons. The number of carbonyl (C=O) groups is 1. The number of nitrogens with zero attached hydrogens (tertiary/aromatic N) is 3. The molecule has 0 saturated carbocycles. The number of aromatic amines is 1. The molecule has 0 bridgehead atoms. The number of benzene rings is 1. The van der Waals surface area contributed by atoms with E-state index in [4.69, 9.17) is 4.42 Å². The normalized spacial score (nSPS) is 14.7. The third-order valence-corrected chi connectivity index (χ3v) is 7.59. The highest BCUT2D eigenvalue weighted by molar-refractivity contribution is 7.18. The van der Waals surface area contributed by atoms with E-state index >= 15 is 0 Å². The van der Waals surface area contributed by atoms with Crippen LogP contribution in [0.2, 0.25) is 0 Å². The van der Waals surface area contributed by atoms with E-state index in [0.29, 0.717) is 43.7 Å². The maximum Gasteiger partial charge on any atom is 0.259 e. The minimum absolute atomic E-state index is 0.0657. The quantitative estimate of drug-likeness (QED) is 0.452. The van der Waals surface area contributed by atoms with Gasteiger partial charge in [-0.3, -0.25) is 14.5 Å². The average Bonchev–Trinajstić information content (AvgIpc) is 3.43. The van der Waals surface area contributed by atoms with Crippen LogP contribution in [0.1, 0.15) is 28.4 Å². The van der Waals surface area contributed by atoms with Crippen molar-refractivity contribution in [2.24, 2.45) is 0 Å². The van der Waals surface area contributed by atoms with Crippen molar-refractivity contribution in [3.63, 3.8) is 0 Å². The van der Waals surface area contributed by atoms with Gasteiger partial charge in [0.2, 0.25) is 5.91 Å². The van der Waals surface area contributed by atoms with Gasteiger partial charge in [-0.2, -0.15) is 0 Å². The summed E-state index contributed by atoms with van der Waals surface area (Å²) in [6.07, 6.45) is 1.03. The molecule has 1 aromatic carbocycles. The van der Waals surface area contributed by atoms with Crippen LogP contribution in [0.15, 0.2) is 51.7 Å². The highest BCUT2D eigenvalue weighted by Gasteiger charge is 2.22. The van der Waals surface area contributed by atoms with Crippen LogP contribution in [0.3, 0.4) is 0 Å². The number of aryl methyl sites for hydroxylation is 3. The van der Waals surface area contributed by atoms with Crippen LogP contribution in [-0.4, -0.2) is 51.9 Å². The van der Waals surface area contributed by atoms with Gasteiger partial charge in [0, 0.05) is 49.5 Å². The van der Waals surface area contributed by atoms with Gasteiger partial charge in [0.1, 0.15) is 22.2 Å². The summed E-state index contributed by atoms with van der Waals surface area (Å²) in [5, 5.41) is 0.703. The first-order valence-electron chi connectivity index (χ1n) is 11.6. The number of rotatable bonds is 6. The number of thiophene rings is 1. The second-order valence-corrected chi connectivity index (χ2v) is 9.97. The Balaban J connectivity index is 1.13. The third-order valence-electron chi connectivity index (χ3n) is 6.49. The van der Waals surface area contributed by atoms with E-state index in [9.17, 15) is 9.59 Å². The van der Waals surface area contributed by atoms with Gasteiger partial charge in [0.05, 0.1) is 11.9 Å². The Bertz CT molecular complexity index is 1360. The van der Waals surface area contributed by atoms with Gasteiger partial charge in [-0.05, 0) is 31.5 Å². The fraction of sp³-hybridized carbons (Fsp3) is 0.346. The minimum atomic E-state index is -0.0657. The van der Waals surface area contributed by atoms with E-state index in [1.807, 2.05) is 61.2 Å². The first-order chi connectivity index (χ1) is 16.5. The van der Waals surface area contributed by atoms with Crippen LogP contribution in [0, 0.1) is 13.8 Å². The predicted octanol–water partition coefficient (Wildman–Crippen LogP) is 4.14. The summed E-state index contributed by atoms with van der Waals surface area (Å²) in [7, 11) is 0. The van der Waals surface area contributed by atoms with Crippen molar-refractivity contribution in [1.82, 2.24) is 19.8 Å². The first-order valence-corrected chi connectivity index (χ1v) is 12.4. The molecule has 1 aliphatic heterocycles. The number of aromatic nitrogens is 2. The summed E-state index contributed by atoms with van der Waals surface area (Å²) >= 11 is 1.57. The lowest BCUT2D eigenvalue weighted by atomic mass is 10.2. The highest BCUT2D eigenvalue weighted by atomic mass is 32.1. The van der Waals surface area contributed by atoms with Crippen LogP contribution in [0.25, 0.3) is 21.5 Å². The molecule has 3 aromatic heterocycles. The Morgan fingerprint density at radius 1 is 1.09 bits per heavy atom. The first kappa shape index (κ1) is 22.6. The zero-order valence-corrected chi connectivity index (χ0v) is 20.3. The Labute approximate surface area is 202 Å². The number of nitrogens with one attached hydrogen (secondary N) is 1. The summed E-state index contributed by atoms with van der Waals surface area (Å²) in [6.45, 7) is 7.44. The molecule has 34 heavy (non-hydrogen) atoms. The maximum absolute atomic E-state index is 12.7. The van der Waals surface area contributed by atoms with Crippen LogP contribution >= 0.6 is 11.3 Å². The Morgan fingerprint density at radius 2 is 1.85 bits per heavy atom. The second kappa shape index (κ2) is 9.56. The standard InChI is InChI=1S/C26H28N4O3S/c1-17-18(2)34-26-24(17)25(32)27-22(28-26)16-29-12-14-30(15-13-29)23(31)11-9-20-8-10-21(33-20)19-6-4-3-5-7-19/h3-8,10H,9,11-16H2,1-2H3,(H,27,28,32). The van der Waals surface area contributed by atoms with Crippen molar-refractivity contribution < 1.29 is 9.21 Å². The Hall–Kier alpha value is -3.23. The number of carbonyl (C=O) groups excluding carboxylic acids is 1. The molecule has 4 aromatic rings. The summed E-state index contributed by atoms with van der Waals surface area (Å²) in [4.78, 5) is 39.0. The molecule has 1 saturated heterocycles. The number of hydrogen-bond acceptors (Lipinski definition) is 6. The molecule has 0 spiro atoms. The van der Waals surface area contributed by atoms with Crippen molar-refractivity contribution in [1.29, 1.82) is 0 Å². The number of hydrogen-bond donors (Lipinski definition) is 1. The van der Waals surface area contributed by atoms with Gasteiger partial charge in [0.25, 0.3) is 5.56 Å². The van der Waals surface area contributed by atoms with Gasteiger partial charge in [0.15, 0.2) is 0 Å². The summed E-state index contributed by atoms with van der Waals surface area (Å²) in [5.41, 5.74) is 1.98. The number of furan rings is 1. The average molecular weight is 477 g/mol. The Morgan fingerprint density at radius 3 is 2.62 bits per heavy atom. The monoisotopic (exact) mass is 476 g/mol. The highest BCUT2D eigenvalue weighted by Crippen LogP contribution is 2.26. The van der Waals surface area contributed by atoms with E-state index in [1.54, 1.807) is 11.3 Å². The molecule has 0 radical (unpaired) electrons. The zero-order valence-electron chi connectivity index (χ0n) is 19.5. The fourth-order valence-corrected chi connectivity index (χ4v) is 5.45. The fourth-order valence-electron chi connectivity index (χ4n) is 4.40. The summed E-state index contributed by atoms with van der Waals surface area (Å²) in [6, 6.07) is 13.9. The molecular formula is C26H28N4O3S. The van der Waals surface area contributed by atoms with E-state index in [0.717, 1.165) is 45.4 Å². The zero-order chi connectivity index (χ0) is 23.7. The molecule has 1 amide bonds. The molecular weight excluding hydrogens is 448 g/mol. The predicted molar refractivity (Wildman–Crippen MR) is 134 cm³/mol. The lowest BCUT2D eigenvalue weighted by Gasteiger charge is -2.34. The van der Waals surface area contributed by atoms with Gasteiger partial charge in [-0.1, -0.05) is 30.3 Å². The van der Waals surface area contributed by atoms with Gasteiger partial charge < -0.3 is 14.3 Å². The van der Waals surface area contributed by atoms with E-state index in [1.165, 1.54) is 0 Å². The number of amides is 1. The lowest BCUT2D eigenvalue weighted by Crippen LogP contribution is -2.48. The van der Waals surface area contributed by atoms with Crippen molar-refractivity contribution in [2.45, 2.75) is 33.2 Å². The van der Waals surface area contributed by atoms with E-state index in [-0.39, 0.29) is 11.5 Å². The Kier molecular flexibility index (Phi) is 6.34. The van der Waals surface area contributed by atoms with Crippen molar-refractivity contribution in [2.75, 3.05) is 26.2 Å². The molecule has 0 atom stereocenters. The number of fused-ring (bicyclic) bond motifs is 1. The topological polar surface area (TPSA) is 82.4 Å². The number of H-pyrrole nitrogens is 1. The van der Waals surface area contributed by atoms with Gasteiger partial charge in [-0.25, -0.2) is 4.98 Å². The largest absolute Gasteiger partial charge is 0.461 e. The molecule has 5 rings (SSSR count). The smallest absolute Gasteiger partial charge is 0.259 e. The van der Waals surface area contributed by atoms with E-state index < -0.39 is 0 Å². The second-order valence-electron chi connectivity index (χ2n) is 8.76. The van der Waals surface area contributed by atoms with E-state index in [2.05, 4.69) is 14.9 Å². The molecule has 1 fully saturated rings. The molecule has 1 aliphatic rings. The molecule has 1 N–H and O–H groups in total. The number of piperazine rings is 1. The van der Waals surface area contributed by atoms with Crippen LogP contribution in [-0.2, 0) is 17.8 Å². The SMILES string of the molecule is Cc1sc2nc(CN3CCN(C(=O)CCc4ccc(-c5ccccc5)o4)CC3)[nH]c(=O)c2c1C. The summed E-state index contributed by atoms with van der Waals surface area (Å²) < 4.78 is 5.93. The molecule has 0 aliphatic carbocycles. The van der Waals surface area contributed by atoms with Crippen LogP contribution in [0.5, 0.6) is 0 Å². The van der Waals surface area contributed by atoms with Crippen LogP contribution < -0.4 is 5.56 Å². The lowest BCUT2D eigenvalue weighted by molar-refractivity contribution is -0.133. The maximum atomic E-state index is 12.7. The third kappa shape index (κ3) is 4.69. The van der Waals surface area contributed by atoms with Crippen LogP contribution in [0.4, 0.5) is 0 Å². The summed E-state index contributed by atoms with van der Waals surface area (Å²) in [5.74, 6) is 2.49. The minimum Gasteiger partial charge on any atom is -0.461 e. The van der Waals surface area contributed by atoms with Gasteiger partial charge in [-0.15, -0.1) is 11.3 Å². The van der Waals surface area contributed by atoms with Gasteiger partial charge >= 0.3 is 0 Å². The molecule has 7 nitrogen and oxygen atoms in total. The molecule has 8 heteroatoms. The van der Waals surface area contributed by atoms with Crippen molar-refractivity contribution in [3.8, 4) is 11.3 Å². The molecule has 4 heterocycles. The molecule has 0 unspecified atom stereocenters. The van der Waals surface area contributed by atoms with Crippen molar-refractivity contribution >= 4 is 27.5 Å².